The maximum atomic E-state index is 12.5. The first-order valence-electron chi connectivity index (χ1n) is 6.09. The van der Waals surface area contributed by atoms with Gasteiger partial charge in [-0.15, -0.1) is 0 Å². The zero-order valence-corrected chi connectivity index (χ0v) is 11.0. The molecule has 1 unspecified atom stereocenters. The number of halogens is 3. The number of aromatic amines is 1. The van der Waals surface area contributed by atoms with Crippen molar-refractivity contribution in [1.82, 2.24) is 4.98 Å². The second-order valence-corrected chi connectivity index (χ2v) is 4.58. The van der Waals surface area contributed by atoms with Crippen LogP contribution in [0.25, 0.3) is 0 Å². The van der Waals surface area contributed by atoms with E-state index in [9.17, 15) is 23.1 Å². The summed E-state index contributed by atoms with van der Waals surface area (Å²) in [5.74, 6) is -0.471. The molecule has 7 heteroatoms. The fourth-order valence-electron chi connectivity index (χ4n) is 1.81. The number of aromatic nitrogens is 1. The largest absolute Gasteiger partial charge is 0.418 e. The number of rotatable bonds is 3. The highest BCUT2D eigenvalue weighted by Gasteiger charge is 2.39. The number of aryl methyl sites for hydroxylation is 1. The van der Waals surface area contributed by atoms with Crippen LogP contribution in [-0.2, 0) is 0 Å². The van der Waals surface area contributed by atoms with Gasteiger partial charge in [0.1, 0.15) is 5.69 Å². The molecule has 1 aromatic heterocycles. The van der Waals surface area contributed by atoms with E-state index < -0.39 is 18.2 Å². The number of aliphatic hydroxyl groups excluding tert-OH is 1. The Labute approximate surface area is 118 Å². The van der Waals surface area contributed by atoms with E-state index >= 15 is 0 Å². The van der Waals surface area contributed by atoms with Crippen molar-refractivity contribution in [2.45, 2.75) is 19.2 Å². The number of carbonyl (C=O) groups is 1. The van der Waals surface area contributed by atoms with Crippen LogP contribution >= 0.6 is 0 Å². The monoisotopic (exact) mass is 298 g/mol. The van der Waals surface area contributed by atoms with Crippen LogP contribution in [0.2, 0.25) is 0 Å². The lowest BCUT2D eigenvalue weighted by Crippen LogP contribution is -2.20. The summed E-state index contributed by atoms with van der Waals surface area (Å²) in [6, 6.07) is 8.29. The molecule has 3 N–H and O–H groups in total. The molecule has 4 nitrogen and oxygen atoms in total. The molecule has 0 aliphatic rings. The Morgan fingerprint density at radius 1 is 1.29 bits per heavy atom. The highest BCUT2D eigenvalue weighted by molar-refractivity contribution is 6.03. The number of benzene rings is 1. The Hall–Kier alpha value is -2.28. The van der Waals surface area contributed by atoms with Crippen molar-refractivity contribution in [1.29, 1.82) is 0 Å². The molecule has 0 aliphatic carbocycles. The highest BCUT2D eigenvalue weighted by atomic mass is 19.4. The fourth-order valence-corrected chi connectivity index (χ4v) is 1.81. The van der Waals surface area contributed by atoms with Crippen LogP contribution < -0.4 is 5.32 Å². The predicted molar refractivity (Wildman–Crippen MR) is 70.9 cm³/mol. The number of hydrogen-bond acceptors (Lipinski definition) is 2. The molecular formula is C14H13F3N2O2. The zero-order valence-electron chi connectivity index (χ0n) is 11.0. The Balaban J connectivity index is 2.16. The fraction of sp³-hybridized carbons (Fsp3) is 0.214. The smallest absolute Gasteiger partial charge is 0.379 e. The number of hydrogen-bond donors (Lipinski definition) is 3. The van der Waals surface area contributed by atoms with E-state index in [1.165, 1.54) is 12.1 Å². The minimum atomic E-state index is -4.75. The molecule has 1 amide bonds. The summed E-state index contributed by atoms with van der Waals surface area (Å²) < 4.78 is 37.4. The number of anilines is 1. The van der Waals surface area contributed by atoms with E-state index in [-0.39, 0.29) is 11.3 Å². The molecule has 2 rings (SSSR count). The number of nitrogens with one attached hydrogen (secondary N) is 2. The number of aliphatic hydroxyl groups is 1. The molecule has 0 radical (unpaired) electrons. The quantitative estimate of drug-likeness (QED) is 0.815. The predicted octanol–water partition coefficient (Wildman–Crippen LogP) is 3.17. The van der Waals surface area contributed by atoms with Crippen molar-refractivity contribution in [2.75, 3.05) is 5.32 Å². The van der Waals surface area contributed by atoms with E-state index in [1.54, 1.807) is 19.1 Å². The van der Waals surface area contributed by atoms with Gasteiger partial charge >= 0.3 is 6.18 Å². The van der Waals surface area contributed by atoms with Crippen molar-refractivity contribution in [3.05, 3.63) is 53.3 Å². The summed E-state index contributed by atoms with van der Waals surface area (Å²) in [7, 11) is 0. The first-order chi connectivity index (χ1) is 9.77. The average Bonchev–Trinajstić information content (AvgIpc) is 2.84. The molecule has 0 saturated heterocycles. The Kier molecular flexibility index (Phi) is 4.04. The number of H-pyrrole nitrogens is 1. The van der Waals surface area contributed by atoms with Gasteiger partial charge in [-0.05, 0) is 36.8 Å². The lowest BCUT2D eigenvalue weighted by Gasteiger charge is -2.15. The summed E-state index contributed by atoms with van der Waals surface area (Å²) in [6.07, 6.45) is -7.33. The van der Waals surface area contributed by atoms with Crippen molar-refractivity contribution < 1.29 is 23.1 Å². The second kappa shape index (κ2) is 5.61. The van der Waals surface area contributed by atoms with Crippen LogP contribution in [0.3, 0.4) is 0 Å². The van der Waals surface area contributed by atoms with Gasteiger partial charge in [-0.2, -0.15) is 13.2 Å². The molecule has 21 heavy (non-hydrogen) atoms. The Morgan fingerprint density at radius 3 is 2.57 bits per heavy atom. The third-order valence-corrected chi connectivity index (χ3v) is 2.85. The van der Waals surface area contributed by atoms with Gasteiger partial charge in [0.05, 0.1) is 0 Å². The van der Waals surface area contributed by atoms with Gasteiger partial charge in [-0.25, -0.2) is 0 Å². The third kappa shape index (κ3) is 3.63. The summed E-state index contributed by atoms with van der Waals surface area (Å²) in [6.45, 7) is 1.77. The molecular weight excluding hydrogens is 285 g/mol. The van der Waals surface area contributed by atoms with Crippen molar-refractivity contribution in [3.8, 4) is 0 Å². The van der Waals surface area contributed by atoms with E-state index in [4.69, 9.17) is 0 Å². The highest BCUT2D eigenvalue weighted by Crippen LogP contribution is 2.33. The van der Waals surface area contributed by atoms with Gasteiger partial charge in [0.2, 0.25) is 0 Å². The van der Waals surface area contributed by atoms with Gasteiger partial charge in [0.15, 0.2) is 6.10 Å². The summed E-state index contributed by atoms with van der Waals surface area (Å²) in [4.78, 5) is 14.7. The molecule has 0 fully saturated rings. The lowest BCUT2D eigenvalue weighted by atomic mass is 10.1. The Morgan fingerprint density at radius 2 is 2.00 bits per heavy atom. The first kappa shape index (κ1) is 15.1. The molecule has 1 heterocycles. The molecule has 0 bridgehead atoms. The number of alkyl halides is 3. The lowest BCUT2D eigenvalue weighted by molar-refractivity contribution is -0.206. The van der Waals surface area contributed by atoms with Crippen molar-refractivity contribution in [2.24, 2.45) is 0 Å². The first-order valence-corrected chi connectivity index (χ1v) is 6.09. The van der Waals surface area contributed by atoms with E-state index in [2.05, 4.69) is 10.3 Å². The van der Waals surface area contributed by atoms with Gasteiger partial charge in [-0.1, -0.05) is 12.1 Å². The van der Waals surface area contributed by atoms with E-state index in [0.717, 1.165) is 17.8 Å². The van der Waals surface area contributed by atoms with Gasteiger partial charge in [-0.3, -0.25) is 4.79 Å². The van der Waals surface area contributed by atoms with Crippen LogP contribution in [0, 0.1) is 6.92 Å². The summed E-state index contributed by atoms with van der Waals surface area (Å²) in [5.41, 5.74) is 0.937. The van der Waals surface area contributed by atoms with Crippen molar-refractivity contribution in [3.63, 3.8) is 0 Å². The van der Waals surface area contributed by atoms with Gasteiger partial charge < -0.3 is 15.4 Å². The molecule has 1 atom stereocenters. The second-order valence-electron chi connectivity index (χ2n) is 4.58. The zero-order chi connectivity index (χ0) is 15.6. The molecule has 1 aromatic carbocycles. The van der Waals surface area contributed by atoms with E-state index in [1.807, 2.05) is 0 Å². The molecule has 2 aromatic rings. The molecule has 0 spiro atoms. The maximum Gasteiger partial charge on any atom is 0.418 e. The summed E-state index contributed by atoms with van der Waals surface area (Å²) in [5, 5.41) is 11.7. The van der Waals surface area contributed by atoms with E-state index in [0.29, 0.717) is 5.69 Å². The van der Waals surface area contributed by atoms with Crippen LogP contribution in [-0.4, -0.2) is 22.2 Å². The minimum Gasteiger partial charge on any atom is -0.379 e. The van der Waals surface area contributed by atoms with Crippen LogP contribution in [0.4, 0.5) is 18.9 Å². The molecule has 0 aliphatic heterocycles. The van der Waals surface area contributed by atoms with Gasteiger partial charge in [0, 0.05) is 11.4 Å². The standard InChI is InChI=1S/C14H13F3N2O2/c1-8-5-6-11(18-8)13(21)19-10-4-2-3-9(7-10)12(20)14(15,16)17/h2-7,12,18,20H,1H3,(H,19,21). The van der Waals surface area contributed by atoms with Gasteiger partial charge in [0.25, 0.3) is 5.91 Å². The molecule has 0 saturated carbocycles. The topological polar surface area (TPSA) is 65.1 Å². The normalized spacial score (nSPS) is 13.0. The minimum absolute atomic E-state index is 0.174. The van der Waals surface area contributed by atoms with Crippen LogP contribution in [0.1, 0.15) is 27.8 Å². The SMILES string of the molecule is Cc1ccc(C(=O)Nc2cccc(C(O)C(F)(F)F)c2)[nH]1. The number of carbonyl (C=O) groups excluding carboxylic acids is 1. The average molecular weight is 298 g/mol. The molecule has 112 valence electrons. The van der Waals surface area contributed by atoms with Crippen molar-refractivity contribution >= 4 is 11.6 Å². The van der Waals surface area contributed by atoms with Crippen LogP contribution in [0.5, 0.6) is 0 Å². The maximum absolute atomic E-state index is 12.5. The Bertz CT molecular complexity index is 650. The van der Waals surface area contributed by atoms with Crippen LogP contribution in [0.15, 0.2) is 36.4 Å². The number of amides is 1. The third-order valence-electron chi connectivity index (χ3n) is 2.85. The summed E-state index contributed by atoms with van der Waals surface area (Å²) >= 11 is 0.